The van der Waals surface area contributed by atoms with E-state index in [4.69, 9.17) is 9.47 Å². The van der Waals surface area contributed by atoms with E-state index in [1.165, 1.54) is 0 Å². The zero-order valence-corrected chi connectivity index (χ0v) is 18.3. The van der Waals surface area contributed by atoms with Gasteiger partial charge in [0.25, 0.3) is 0 Å². The molecule has 5 nitrogen and oxygen atoms in total. The summed E-state index contributed by atoms with van der Waals surface area (Å²) in [4.78, 5) is 0. The summed E-state index contributed by atoms with van der Waals surface area (Å²) in [7, 11) is 0. The Kier molecular flexibility index (Phi) is 7.26. The minimum absolute atomic E-state index is 0.0405. The number of ether oxygens (including phenoxy) is 4. The molecule has 0 spiro atoms. The first kappa shape index (κ1) is 27.0. The number of rotatable bonds is 7. The van der Waals surface area contributed by atoms with Gasteiger partial charge in [-0.15, -0.1) is 13.2 Å². The van der Waals surface area contributed by atoms with Gasteiger partial charge in [-0.3, -0.25) is 0 Å². The van der Waals surface area contributed by atoms with Crippen molar-refractivity contribution in [1.29, 1.82) is 0 Å². The fourth-order valence-corrected chi connectivity index (χ4v) is 3.53. The zero-order chi connectivity index (χ0) is 26.2. The van der Waals surface area contributed by atoms with Crippen LogP contribution in [0.1, 0.15) is 37.8 Å². The van der Waals surface area contributed by atoms with Crippen LogP contribution in [0.25, 0.3) is 0 Å². The Hall–Kier alpha value is -2.64. The van der Waals surface area contributed by atoms with Crippen molar-refractivity contribution in [2.24, 2.45) is 5.41 Å². The average Bonchev–Trinajstić information content (AvgIpc) is 2.71. The SMILES string of the molecule is CCCC1(C)COC(O)(c2cc(F)c(C(F)(F)Oc3ccc(OC(F)(F)F)c(F)c3)c(F)c2)OC1. The monoisotopic (exact) mass is 516 g/mol. The fraction of sp³-hybridized carbons (Fsp3) is 0.455. The summed E-state index contributed by atoms with van der Waals surface area (Å²) < 4.78 is 127. The van der Waals surface area contributed by atoms with E-state index >= 15 is 0 Å². The number of hydrogen-bond acceptors (Lipinski definition) is 5. The molecule has 1 saturated heterocycles. The lowest BCUT2D eigenvalue weighted by atomic mass is 9.86. The van der Waals surface area contributed by atoms with Gasteiger partial charge in [-0.1, -0.05) is 20.3 Å². The van der Waals surface area contributed by atoms with Crippen LogP contribution in [0.4, 0.5) is 35.1 Å². The minimum Gasteiger partial charge on any atom is -0.429 e. The first-order valence-corrected chi connectivity index (χ1v) is 10.2. The van der Waals surface area contributed by atoms with Gasteiger partial charge in [-0.25, -0.2) is 13.2 Å². The van der Waals surface area contributed by atoms with Gasteiger partial charge in [0.15, 0.2) is 11.6 Å². The van der Waals surface area contributed by atoms with E-state index in [2.05, 4.69) is 9.47 Å². The molecular weight excluding hydrogens is 496 g/mol. The molecule has 0 unspecified atom stereocenters. The Morgan fingerprint density at radius 3 is 1.97 bits per heavy atom. The van der Waals surface area contributed by atoms with Gasteiger partial charge in [0.2, 0.25) is 0 Å². The molecule has 1 N–H and O–H groups in total. The summed E-state index contributed by atoms with van der Waals surface area (Å²) in [6.07, 6.45) is -8.54. The highest BCUT2D eigenvalue weighted by Crippen LogP contribution is 2.41. The third-order valence-corrected chi connectivity index (χ3v) is 5.16. The van der Waals surface area contributed by atoms with Gasteiger partial charge in [0.1, 0.15) is 22.9 Å². The van der Waals surface area contributed by atoms with E-state index in [-0.39, 0.29) is 19.3 Å². The van der Waals surface area contributed by atoms with Crippen molar-refractivity contribution < 1.29 is 59.2 Å². The summed E-state index contributed by atoms with van der Waals surface area (Å²) in [5.74, 6) is -10.4. The van der Waals surface area contributed by atoms with Gasteiger partial charge in [-0.05, 0) is 30.7 Å². The third-order valence-electron chi connectivity index (χ3n) is 5.16. The van der Waals surface area contributed by atoms with E-state index in [9.17, 15) is 40.2 Å². The fourth-order valence-electron chi connectivity index (χ4n) is 3.53. The Balaban J connectivity index is 1.83. The molecule has 0 aliphatic carbocycles. The molecule has 1 fully saturated rings. The van der Waals surface area contributed by atoms with E-state index in [0.29, 0.717) is 30.7 Å². The third kappa shape index (κ3) is 6.14. The molecule has 1 aliphatic rings. The number of halogens is 8. The number of alkyl halides is 5. The summed E-state index contributed by atoms with van der Waals surface area (Å²) in [5.41, 5.74) is -3.01. The van der Waals surface area contributed by atoms with Crippen LogP contribution in [0.5, 0.6) is 11.5 Å². The number of aliphatic hydroxyl groups is 1. The number of benzene rings is 2. The first-order chi connectivity index (χ1) is 16.1. The lowest BCUT2D eigenvalue weighted by molar-refractivity contribution is -0.415. The molecule has 35 heavy (non-hydrogen) atoms. The van der Waals surface area contributed by atoms with Crippen molar-refractivity contribution in [1.82, 2.24) is 0 Å². The zero-order valence-electron chi connectivity index (χ0n) is 18.3. The Morgan fingerprint density at radius 1 is 0.914 bits per heavy atom. The van der Waals surface area contributed by atoms with E-state index in [1.807, 2.05) is 13.8 Å². The van der Waals surface area contributed by atoms with Crippen LogP contribution in [-0.4, -0.2) is 24.7 Å². The molecule has 0 saturated carbocycles. The van der Waals surface area contributed by atoms with Gasteiger partial charge in [0.05, 0.1) is 13.2 Å². The van der Waals surface area contributed by atoms with E-state index in [0.717, 1.165) is 6.42 Å². The quantitative estimate of drug-likeness (QED) is 0.452. The second kappa shape index (κ2) is 9.43. The highest BCUT2D eigenvalue weighted by Gasteiger charge is 2.46. The van der Waals surface area contributed by atoms with Crippen molar-refractivity contribution in [3.05, 3.63) is 58.9 Å². The summed E-state index contributed by atoms with van der Waals surface area (Å²) in [5, 5.41) is 10.5. The molecule has 0 amide bonds. The normalized spacial score (nSPS) is 23.3. The van der Waals surface area contributed by atoms with Crippen molar-refractivity contribution in [2.45, 2.75) is 45.1 Å². The maximum Gasteiger partial charge on any atom is 0.573 e. The van der Waals surface area contributed by atoms with Gasteiger partial charge in [-0.2, -0.15) is 8.78 Å². The smallest absolute Gasteiger partial charge is 0.429 e. The van der Waals surface area contributed by atoms with Gasteiger partial charge < -0.3 is 24.1 Å². The molecule has 1 aliphatic heterocycles. The molecule has 0 atom stereocenters. The molecule has 0 aromatic heterocycles. The Labute approximate surface area is 194 Å². The first-order valence-electron chi connectivity index (χ1n) is 10.2. The largest absolute Gasteiger partial charge is 0.573 e. The molecular formula is C22H20F8O5. The van der Waals surface area contributed by atoms with Crippen LogP contribution >= 0.6 is 0 Å². The summed E-state index contributed by atoms with van der Waals surface area (Å²) in [6.45, 7) is 3.64. The number of hydrogen-bond donors (Lipinski definition) is 1. The molecule has 0 bridgehead atoms. The average molecular weight is 516 g/mol. The molecule has 0 radical (unpaired) electrons. The Morgan fingerprint density at radius 2 is 1.49 bits per heavy atom. The standard InChI is InChI=1S/C22H20F8O5/c1-3-6-19(2)10-32-21(31,33-11-19)12-7-15(24)18(16(25)8-12)20(26,27)34-13-4-5-17(14(23)9-13)35-22(28,29)30/h4-5,7-9,31H,3,6,10-11H2,1-2H3. The molecule has 2 aromatic carbocycles. The van der Waals surface area contributed by atoms with Crippen molar-refractivity contribution >= 4 is 0 Å². The molecule has 194 valence electrons. The predicted octanol–water partition coefficient (Wildman–Crippen LogP) is 6.09. The van der Waals surface area contributed by atoms with Crippen LogP contribution in [0.3, 0.4) is 0 Å². The predicted molar refractivity (Wildman–Crippen MR) is 103 cm³/mol. The second-order valence-corrected chi connectivity index (χ2v) is 8.29. The van der Waals surface area contributed by atoms with E-state index < -0.39 is 63.9 Å². The van der Waals surface area contributed by atoms with Crippen LogP contribution in [0.15, 0.2) is 30.3 Å². The lowest BCUT2D eigenvalue weighted by Gasteiger charge is -2.41. The van der Waals surface area contributed by atoms with Gasteiger partial charge >= 0.3 is 18.4 Å². The summed E-state index contributed by atoms with van der Waals surface area (Å²) >= 11 is 0. The summed E-state index contributed by atoms with van der Waals surface area (Å²) in [6, 6.07) is 1.68. The lowest BCUT2D eigenvalue weighted by Crippen LogP contribution is -2.46. The van der Waals surface area contributed by atoms with E-state index in [1.54, 1.807) is 0 Å². The van der Waals surface area contributed by atoms with Crippen molar-refractivity contribution in [3.8, 4) is 11.5 Å². The van der Waals surface area contributed by atoms with Gasteiger partial charge in [0, 0.05) is 17.0 Å². The minimum atomic E-state index is -5.24. The highest BCUT2D eigenvalue weighted by molar-refractivity contribution is 5.35. The molecule has 2 aromatic rings. The van der Waals surface area contributed by atoms with Crippen LogP contribution < -0.4 is 9.47 Å². The van der Waals surface area contributed by atoms with Crippen molar-refractivity contribution in [2.75, 3.05) is 13.2 Å². The highest BCUT2D eigenvalue weighted by atomic mass is 19.4. The maximum absolute atomic E-state index is 14.6. The molecule has 3 rings (SSSR count). The Bertz CT molecular complexity index is 1040. The van der Waals surface area contributed by atoms with Crippen LogP contribution in [-0.2, 0) is 21.6 Å². The van der Waals surface area contributed by atoms with Crippen LogP contribution in [0.2, 0.25) is 0 Å². The second-order valence-electron chi connectivity index (χ2n) is 8.29. The molecule has 13 heteroatoms. The topological polar surface area (TPSA) is 57.2 Å². The molecule has 1 heterocycles. The van der Waals surface area contributed by atoms with Crippen molar-refractivity contribution in [3.63, 3.8) is 0 Å². The maximum atomic E-state index is 14.6. The van der Waals surface area contributed by atoms with Crippen LogP contribution in [0, 0.1) is 22.9 Å².